The van der Waals surface area contributed by atoms with Gasteiger partial charge in [0.15, 0.2) is 0 Å². The molecule has 0 spiro atoms. The van der Waals surface area contributed by atoms with E-state index in [4.69, 9.17) is 0 Å². The lowest BCUT2D eigenvalue weighted by atomic mass is 9.99. The minimum atomic E-state index is -0.212. The van der Waals surface area contributed by atoms with Crippen LogP contribution < -0.4 is 9.80 Å². The van der Waals surface area contributed by atoms with Crippen molar-refractivity contribution in [3.63, 3.8) is 0 Å². The van der Waals surface area contributed by atoms with Crippen LogP contribution in [0.15, 0.2) is 42.6 Å². The number of piperidine rings is 1. The second-order valence-corrected chi connectivity index (χ2v) is 7.85. The van der Waals surface area contributed by atoms with Crippen molar-refractivity contribution in [2.75, 3.05) is 49.1 Å². The van der Waals surface area contributed by atoms with Gasteiger partial charge >= 0.3 is 0 Å². The fourth-order valence-corrected chi connectivity index (χ4v) is 4.13. The number of hydrogen-bond acceptors (Lipinski definition) is 4. The van der Waals surface area contributed by atoms with Crippen LogP contribution in [0.2, 0.25) is 0 Å². The molecule has 3 heterocycles. The Hall–Kier alpha value is -2.63. The lowest BCUT2D eigenvalue weighted by molar-refractivity contribution is 0.0683. The van der Waals surface area contributed by atoms with Gasteiger partial charge in [-0.1, -0.05) is 6.92 Å². The Morgan fingerprint density at radius 1 is 1.04 bits per heavy atom. The minimum Gasteiger partial charge on any atom is -0.368 e. The van der Waals surface area contributed by atoms with Crippen molar-refractivity contribution in [1.82, 2.24) is 9.88 Å². The maximum Gasteiger partial charge on any atom is 0.254 e. The summed E-state index contributed by atoms with van der Waals surface area (Å²) in [6.07, 6.45) is 4.02. The van der Waals surface area contributed by atoms with Crippen molar-refractivity contribution in [2.45, 2.75) is 19.8 Å². The van der Waals surface area contributed by atoms with Crippen LogP contribution in [-0.4, -0.2) is 55.1 Å². The molecule has 6 heteroatoms. The molecule has 1 unspecified atom stereocenters. The van der Waals surface area contributed by atoms with E-state index in [1.807, 2.05) is 29.2 Å². The molecule has 2 aliphatic rings. The maximum atomic E-state index is 13.1. The number of carbonyl (C=O) groups is 1. The van der Waals surface area contributed by atoms with Gasteiger partial charge in [-0.3, -0.25) is 4.79 Å². The van der Waals surface area contributed by atoms with Gasteiger partial charge in [0.2, 0.25) is 0 Å². The van der Waals surface area contributed by atoms with Crippen molar-refractivity contribution in [3.05, 3.63) is 54.0 Å². The highest BCUT2D eigenvalue weighted by molar-refractivity contribution is 5.95. The van der Waals surface area contributed by atoms with Crippen molar-refractivity contribution < 1.29 is 9.18 Å². The number of likely N-dealkylation sites (tertiary alicyclic amines) is 1. The zero-order valence-electron chi connectivity index (χ0n) is 16.4. The van der Waals surface area contributed by atoms with Gasteiger partial charge in [-0.05, 0) is 55.2 Å². The van der Waals surface area contributed by atoms with E-state index in [0.29, 0.717) is 5.92 Å². The summed E-state index contributed by atoms with van der Waals surface area (Å²) in [6, 6.07) is 10.4. The number of piperazine rings is 1. The first-order valence-electron chi connectivity index (χ1n) is 10.1. The number of halogens is 1. The van der Waals surface area contributed by atoms with Gasteiger partial charge in [-0.25, -0.2) is 9.37 Å². The fourth-order valence-electron chi connectivity index (χ4n) is 4.13. The molecule has 4 rings (SSSR count). The molecule has 0 aliphatic carbocycles. The van der Waals surface area contributed by atoms with Crippen LogP contribution in [0.1, 0.15) is 30.1 Å². The number of benzene rings is 1. The number of pyridine rings is 1. The molecule has 1 amide bonds. The lowest BCUT2D eigenvalue weighted by Gasteiger charge is -2.37. The molecule has 1 aromatic heterocycles. The Morgan fingerprint density at radius 3 is 2.46 bits per heavy atom. The molecular weight excluding hydrogens is 355 g/mol. The van der Waals surface area contributed by atoms with Gasteiger partial charge in [0.25, 0.3) is 5.91 Å². The van der Waals surface area contributed by atoms with E-state index in [0.717, 1.165) is 62.8 Å². The molecule has 2 saturated heterocycles. The highest BCUT2D eigenvalue weighted by atomic mass is 19.1. The average molecular weight is 382 g/mol. The summed E-state index contributed by atoms with van der Waals surface area (Å²) in [6.45, 7) is 7.22. The first-order valence-corrected chi connectivity index (χ1v) is 10.1. The molecule has 1 atom stereocenters. The summed E-state index contributed by atoms with van der Waals surface area (Å²) < 4.78 is 13.1. The molecule has 0 bridgehead atoms. The number of anilines is 2. The second kappa shape index (κ2) is 8.17. The lowest BCUT2D eigenvalue weighted by Crippen LogP contribution is -2.47. The van der Waals surface area contributed by atoms with Crippen molar-refractivity contribution in [2.24, 2.45) is 5.92 Å². The van der Waals surface area contributed by atoms with Crippen molar-refractivity contribution in [1.29, 1.82) is 0 Å². The molecule has 2 fully saturated rings. The number of carbonyl (C=O) groups excluding carboxylic acids is 1. The van der Waals surface area contributed by atoms with E-state index >= 15 is 0 Å². The van der Waals surface area contributed by atoms with E-state index in [-0.39, 0.29) is 11.7 Å². The third-order valence-corrected chi connectivity index (χ3v) is 5.73. The van der Waals surface area contributed by atoms with E-state index in [9.17, 15) is 9.18 Å². The molecule has 0 N–H and O–H groups in total. The Bertz CT molecular complexity index is 818. The van der Waals surface area contributed by atoms with E-state index in [1.165, 1.54) is 18.6 Å². The summed E-state index contributed by atoms with van der Waals surface area (Å²) in [4.78, 5) is 23.8. The summed E-state index contributed by atoms with van der Waals surface area (Å²) in [5.41, 5.74) is 1.76. The average Bonchev–Trinajstić information content (AvgIpc) is 2.74. The zero-order valence-corrected chi connectivity index (χ0v) is 16.4. The van der Waals surface area contributed by atoms with E-state index in [2.05, 4.69) is 21.7 Å². The van der Waals surface area contributed by atoms with Crippen LogP contribution >= 0.6 is 0 Å². The molecule has 2 aliphatic heterocycles. The standard InChI is InChI=1S/C22H27FN4O/c1-17-3-2-10-27(16-17)22(28)18-8-9-24-21(15-18)26-13-11-25(12-14-26)20-6-4-19(23)5-7-20/h4-9,15,17H,2-3,10-14,16H2,1H3. The molecule has 28 heavy (non-hydrogen) atoms. The molecule has 148 valence electrons. The third kappa shape index (κ3) is 4.11. The van der Waals surface area contributed by atoms with Gasteiger partial charge in [0, 0.05) is 56.7 Å². The molecule has 5 nitrogen and oxygen atoms in total. The zero-order chi connectivity index (χ0) is 19.5. The number of rotatable bonds is 3. The highest BCUT2D eigenvalue weighted by Crippen LogP contribution is 2.22. The van der Waals surface area contributed by atoms with E-state index < -0.39 is 0 Å². The molecule has 2 aromatic rings. The minimum absolute atomic E-state index is 0.111. The monoisotopic (exact) mass is 382 g/mol. The first kappa shape index (κ1) is 18.7. The largest absolute Gasteiger partial charge is 0.368 e. The predicted molar refractivity (Wildman–Crippen MR) is 109 cm³/mol. The quantitative estimate of drug-likeness (QED) is 0.816. The van der Waals surface area contributed by atoms with Gasteiger partial charge in [-0.15, -0.1) is 0 Å². The number of nitrogens with zero attached hydrogens (tertiary/aromatic N) is 4. The molecule has 1 aromatic carbocycles. The molecular formula is C22H27FN4O. The number of aromatic nitrogens is 1. The van der Waals surface area contributed by atoms with Gasteiger partial charge in [0.05, 0.1) is 0 Å². The van der Waals surface area contributed by atoms with Gasteiger partial charge in [0.1, 0.15) is 11.6 Å². The van der Waals surface area contributed by atoms with Gasteiger partial charge < -0.3 is 14.7 Å². The topological polar surface area (TPSA) is 39.7 Å². The fraction of sp³-hybridized carbons (Fsp3) is 0.455. The summed E-state index contributed by atoms with van der Waals surface area (Å²) in [5.74, 6) is 1.32. The first-order chi connectivity index (χ1) is 13.6. The maximum absolute atomic E-state index is 13.1. The van der Waals surface area contributed by atoms with Crippen LogP contribution in [0.25, 0.3) is 0 Å². The van der Waals surface area contributed by atoms with Crippen LogP contribution in [-0.2, 0) is 0 Å². The SMILES string of the molecule is CC1CCCN(C(=O)c2ccnc(N3CCN(c4ccc(F)cc4)CC3)c2)C1. The van der Waals surface area contributed by atoms with Crippen molar-refractivity contribution in [3.8, 4) is 0 Å². The Kier molecular flexibility index (Phi) is 5.46. The normalized spacial score (nSPS) is 20.4. The summed E-state index contributed by atoms with van der Waals surface area (Å²) >= 11 is 0. The van der Waals surface area contributed by atoms with Crippen LogP contribution in [0.4, 0.5) is 15.9 Å². The Morgan fingerprint density at radius 2 is 1.75 bits per heavy atom. The third-order valence-electron chi connectivity index (χ3n) is 5.73. The summed E-state index contributed by atoms with van der Waals surface area (Å²) in [5, 5.41) is 0. The summed E-state index contributed by atoms with van der Waals surface area (Å²) in [7, 11) is 0. The van der Waals surface area contributed by atoms with Crippen LogP contribution in [0.3, 0.4) is 0 Å². The Labute approximate surface area is 165 Å². The van der Waals surface area contributed by atoms with Crippen LogP contribution in [0.5, 0.6) is 0 Å². The van der Waals surface area contributed by atoms with Crippen molar-refractivity contribution >= 4 is 17.4 Å². The molecule has 0 radical (unpaired) electrons. The van der Waals surface area contributed by atoms with E-state index in [1.54, 1.807) is 6.20 Å². The highest BCUT2D eigenvalue weighted by Gasteiger charge is 2.24. The number of hydrogen-bond donors (Lipinski definition) is 0. The smallest absolute Gasteiger partial charge is 0.254 e. The van der Waals surface area contributed by atoms with Crippen LogP contribution in [0, 0.1) is 11.7 Å². The Balaban J connectivity index is 1.41. The number of amides is 1. The van der Waals surface area contributed by atoms with Gasteiger partial charge in [-0.2, -0.15) is 0 Å². The predicted octanol–water partition coefficient (Wildman–Crippen LogP) is 3.42. The second-order valence-electron chi connectivity index (χ2n) is 7.85. The molecule has 0 saturated carbocycles.